The molecular formula is C18H18N4O. The minimum absolute atomic E-state index is 0.0219. The van der Waals surface area contributed by atoms with Crippen molar-refractivity contribution in [3.63, 3.8) is 0 Å². The van der Waals surface area contributed by atoms with Gasteiger partial charge in [0, 0.05) is 43.4 Å². The Labute approximate surface area is 134 Å². The predicted molar refractivity (Wildman–Crippen MR) is 91.7 cm³/mol. The third-order valence-electron chi connectivity index (χ3n) is 4.21. The molecule has 0 saturated carbocycles. The summed E-state index contributed by atoms with van der Waals surface area (Å²) in [6.45, 7) is 3.90. The molecule has 0 bridgehead atoms. The van der Waals surface area contributed by atoms with Gasteiger partial charge in [0.1, 0.15) is 0 Å². The maximum atomic E-state index is 10.3. The minimum Gasteiger partial charge on any atom is -0.493 e. The lowest BCUT2D eigenvalue weighted by molar-refractivity contribution is 0.458. The number of benzene rings is 1. The highest BCUT2D eigenvalue weighted by atomic mass is 16.3. The lowest BCUT2D eigenvalue weighted by Crippen LogP contribution is -2.43. The number of piperazine rings is 1. The van der Waals surface area contributed by atoms with Crippen molar-refractivity contribution < 1.29 is 5.11 Å². The number of aromatic hydroxyl groups is 1. The molecule has 2 N–H and O–H groups in total. The van der Waals surface area contributed by atoms with Crippen LogP contribution in [0.3, 0.4) is 0 Å². The predicted octanol–water partition coefficient (Wildman–Crippen LogP) is 2.41. The summed E-state index contributed by atoms with van der Waals surface area (Å²) >= 11 is 0. The van der Waals surface area contributed by atoms with Gasteiger partial charge >= 0.3 is 0 Å². The third-order valence-corrected chi connectivity index (χ3v) is 4.21. The molecule has 5 heteroatoms. The van der Waals surface area contributed by atoms with Crippen LogP contribution in [0.25, 0.3) is 22.2 Å². The smallest absolute Gasteiger partial charge is 0.221 e. The Morgan fingerprint density at radius 3 is 2.70 bits per heavy atom. The van der Waals surface area contributed by atoms with Crippen molar-refractivity contribution in [2.45, 2.75) is 0 Å². The van der Waals surface area contributed by atoms with E-state index in [-0.39, 0.29) is 5.88 Å². The molecule has 0 spiro atoms. The second kappa shape index (κ2) is 5.85. The molecule has 0 amide bonds. The fourth-order valence-electron chi connectivity index (χ4n) is 3.06. The second-order valence-electron chi connectivity index (χ2n) is 5.66. The fourth-order valence-corrected chi connectivity index (χ4v) is 3.06. The number of nitrogens with one attached hydrogen (secondary N) is 1. The Bertz CT molecular complexity index is 829. The first-order valence-electron chi connectivity index (χ1n) is 7.83. The van der Waals surface area contributed by atoms with Crippen LogP contribution in [0, 0.1) is 0 Å². The summed E-state index contributed by atoms with van der Waals surface area (Å²) in [6.07, 6.45) is 1.72. The first-order chi connectivity index (χ1) is 11.3. The summed E-state index contributed by atoms with van der Waals surface area (Å²) in [4.78, 5) is 11.1. The summed E-state index contributed by atoms with van der Waals surface area (Å²) in [7, 11) is 0. The molecule has 4 rings (SSSR count). The largest absolute Gasteiger partial charge is 0.493 e. The third kappa shape index (κ3) is 2.59. The van der Waals surface area contributed by atoms with Gasteiger partial charge in [-0.05, 0) is 30.3 Å². The van der Waals surface area contributed by atoms with E-state index in [4.69, 9.17) is 0 Å². The molecule has 116 valence electrons. The summed E-state index contributed by atoms with van der Waals surface area (Å²) in [6, 6.07) is 13.7. The van der Waals surface area contributed by atoms with Crippen LogP contribution in [0.15, 0.2) is 48.7 Å². The van der Waals surface area contributed by atoms with Crippen molar-refractivity contribution in [3.05, 3.63) is 48.7 Å². The van der Waals surface area contributed by atoms with Crippen LogP contribution in [0.4, 0.5) is 5.69 Å². The van der Waals surface area contributed by atoms with Gasteiger partial charge in [-0.3, -0.25) is 4.98 Å². The average Bonchev–Trinajstić information content (AvgIpc) is 2.62. The number of pyridine rings is 2. The maximum Gasteiger partial charge on any atom is 0.221 e. The SMILES string of the molecule is Oc1nc2cccc(N3CCNCC3)c2cc1-c1ccccn1. The normalized spacial score (nSPS) is 15.0. The first-order valence-corrected chi connectivity index (χ1v) is 7.83. The highest BCUT2D eigenvalue weighted by Gasteiger charge is 2.16. The summed E-state index contributed by atoms with van der Waals surface area (Å²) in [5, 5.41) is 14.7. The molecule has 0 unspecified atom stereocenters. The van der Waals surface area contributed by atoms with Gasteiger partial charge in [0.15, 0.2) is 0 Å². The van der Waals surface area contributed by atoms with E-state index in [2.05, 4.69) is 26.3 Å². The Hall–Kier alpha value is -2.66. The van der Waals surface area contributed by atoms with Gasteiger partial charge in [0.2, 0.25) is 5.88 Å². The molecule has 0 atom stereocenters. The molecule has 5 nitrogen and oxygen atoms in total. The molecule has 1 fully saturated rings. The molecule has 0 radical (unpaired) electrons. The van der Waals surface area contributed by atoms with Gasteiger partial charge in [-0.1, -0.05) is 12.1 Å². The average molecular weight is 306 g/mol. The van der Waals surface area contributed by atoms with E-state index in [9.17, 15) is 5.11 Å². The summed E-state index contributed by atoms with van der Waals surface area (Å²) in [5.41, 5.74) is 3.36. The molecule has 23 heavy (non-hydrogen) atoms. The van der Waals surface area contributed by atoms with Crippen molar-refractivity contribution >= 4 is 16.6 Å². The standard InChI is InChI=1S/C18H18N4O/c23-18-14(15-4-1-2-7-20-15)12-13-16(21-18)5-3-6-17(13)22-10-8-19-9-11-22/h1-7,12,19H,8-11H2,(H,21,23). The molecule has 1 saturated heterocycles. The van der Waals surface area contributed by atoms with E-state index < -0.39 is 0 Å². The monoisotopic (exact) mass is 306 g/mol. The number of hydrogen-bond donors (Lipinski definition) is 2. The lowest BCUT2D eigenvalue weighted by Gasteiger charge is -2.30. The molecule has 0 aliphatic carbocycles. The van der Waals surface area contributed by atoms with Crippen LogP contribution in [-0.2, 0) is 0 Å². The molecule has 1 aliphatic rings. The molecule has 3 aromatic rings. The van der Waals surface area contributed by atoms with E-state index in [1.54, 1.807) is 6.20 Å². The van der Waals surface area contributed by atoms with Gasteiger partial charge in [-0.2, -0.15) is 0 Å². The highest BCUT2D eigenvalue weighted by molar-refractivity contribution is 5.95. The lowest BCUT2D eigenvalue weighted by atomic mass is 10.1. The Morgan fingerprint density at radius 2 is 1.91 bits per heavy atom. The van der Waals surface area contributed by atoms with Crippen LogP contribution in [0.2, 0.25) is 0 Å². The van der Waals surface area contributed by atoms with Gasteiger partial charge in [-0.15, -0.1) is 0 Å². The van der Waals surface area contributed by atoms with Crippen LogP contribution in [0.1, 0.15) is 0 Å². The number of anilines is 1. The zero-order valence-electron chi connectivity index (χ0n) is 12.7. The Balaban J connectivity index is 1.88. The van der Waals surface area contributed by atoms with Crippen molar-refractivity contribution in [2.24, 2.45) is 0 Å². The van der Waals surface area contributed by atoms with Gasteiger partial charge < -0.3 is 15.3 Å². The van der Waals surface area contributed by atoms with Crippen LogP contribution in [-0.4, -0.2) is 41.3 Å². The fraction of sp³-hybridized carbons (Fsp3) is 0.222. The zero-order chi connectivity index (χ0) is 15.6. The molecule has 1 aliphatic heterocycles. The first kappa shape index (κ1) is 14.0. The van der Waals surface area contributed by atoms with Gasteiger partial charge in [-0.25, -0.2) is 4.98 Å². The maximum absolute atomic E-state index is 10.3. The highest BCUT2D eigenvalue weighted by Crippen LogP contribution is 2.34. The van der Waals surface area contributed by atoms with Crippen molar-refractivity contribution in [3.8, 4) is 17.1 Å². The molecule has 3 heterocycles. The zero-order valence-corrected chi connectivity index (χ0v) is 12.7. The van der Waals surface area contributed by atoms with Gasteiger partial charge in [0.05, 0.1) is 16.8 Å². The number of nitrogens with zero attached hydrogens (tertiary/aromatic N) is 3. The van der Waals surface area contributed by atoms with Gasteiger partial charge in [0.25, 0.3) is 0 Å². The molecule has 2 aromatic heterocycles. The number of fused-ring (bicyclic) bond motifs is 1. The summed E-state index contributed by atoms with van der Waals surface area (Å²) < 4.78 is 0. The quantitative estimate of drug-likeness (QED) is 0.761. The number of rotatable bonds is 2. The summed E-state index contributed by atoms with van der Waals surface area (Å²) in [5.74, 6) is 0.0219. The van der Waals surface area contributed by atoms with Crippen molar-refractivity contribution in [2.75, 3.05) is 31.1 Å². The second-order valence-corrected chi connectivity index (χ2v) is 5.66. The van der Waals surface area contributed by atoms with Crippen molar-refractivity contribution in [1.29, 1.82) is 0 Å². The van der Waals surface area contributed by atoms with E-state index in [0.717, 1.165) is 48.5 Å². The Kier molecular flexibility index (Phi) is 3.55. The van der Waals surface area contributed by atoms with Crippen LogP contribution >= 0.6 is 0 Å². The Morgan fingerprint density at radius 1 is 1.04 bits per heavy atom. The molecule has 1 aromatic carbocycles. The van der Waals surface area contributed by atoms with E-state index >= 15 is 0 Å². The van der Waals surface area contributed by atoms with E-state index in [1.807, 2.05) is 36.4 Å². The van der Waals surface area contributed by atoms with Crippen LogP contribution in [0.5, 0.6) is 5.88 Å². The van der Waals surface area contributed by atoms with Crippen molar-refractivity contribution in [1.82, 2.24) is 15.3 Å². The molecular weight excluding hydrogens is 288 g/mol. The van der Waals surface area contributed by atoms with Crippen LogP contribution < -0.4 is 10.2 Å². The topological polar surface area (TPSA) is 61.3 Å². The number of hydrogen-bond acceptors (Lipinski definition) is 5. The number of aromatic nitrogens is 2. The minimum atomic E-state index is 0.0219. The van der Waals surface area contributed by atoms with E-state index in [0.29, 0.717) is 5.56 Å². The van der Waals surface area contributed by atoms with E-state index in [1.165, 1.54) is 0 Å².